The molecule has 0 aliphatic heterocycles. The molecule has 0 saturated heterocycles. The van der Waals surface area contributed by atoms with E-state index >= 15 is 0 Å². The fourth-order valence-electron chi connectivity index (χ4n) is 1.33. The first kappa shape index (κ1) is 12.4. The van der Waals surface area contributed by atoms with Gasteiger partial charge >= 0.3 is 6.18 Å². The lowest BCUT2D eigenvalue weighted by Crippen LogP contribution is -2.21. The fraction of sp³-hybridized carbons (Fsp3) is 0.333. The molecule has 2 aromatic heterocycles. The summed E-state index contributed by atoms with van der Waals surface area (Å²) < 4.78 is 36.3. The van der Waals surface area contributed by atoms with E-state index in [1.165, 1.54) is 11.3 Å². The van der Waals surface area contributed by atoms with Crippen molar-refractivity contribution in [3.63, 3.8) is 0 Å². The van der Waals surface area contributed by atoms with Crippen LogP contribution in [0.2, 0.25) is 5.28 Å². The molecule has 0 amide bonds. The molecule has 0 saturated carbocycles. The number of anilines is 1. The summed E-state index contributed by atoms with van der Waals surface area (Å²) in [5.74, 6) is 0.113. The summed E-state index contributed by atoms with van der Waals surface area (Å²) >= 11 is 7.00. The number of hydrogen-bond donors (Lipinski definition) is 1. The van der Waals surface area contributed by atoms with Gasteiger partial charge in [0.2, 0.25) is 5.28 Å². The van der Waals surface area contributed by atoms with Gasteiger partial charge in [-0.25, -0.2) is 9.97 Å². The van der Waals surface area contributed by atoms with Crippen molar-refractivity contribution in [2.75, 3.05) is 11.9 Å². The predicted octanol–water partition coefficient (Wildman–Crippen LogP) is 3.63. The normalized spacial score (nSPS) is 12.1. The highest BCUT2D eigenvalue weighted by Gasteiger charge is 2.27. The van der Waals surface area contributed by atoms with Crippen molar-refractivity contribution in [3.8, 4) is 0 Å². The molecule has 0 aliphatic carbocycles. The summed E-state index contributed by atoms with van der Waals surface area (Å²) in [7, 11) is 0. The predicted molar refractivity (Wildman–Crippen MR) is 61.7 cm³/mol. The van der Waals surface area contributed by atoms with Crippen LogP contribution in [-0.2, 0) is 0 Å². The third kappa shape index (κ3) is 2.98. The van der Waals surface area contributed by atoms with Crippen molar-refractivity contribution in [1.82, 2.24) is 9.97 Å². The third-order valence-electron chi connectivity index (χ3n) is 1.94. The maximum Gasteiger partial charge on any atom is 0.405 e. The van der Waals surface area contributed by atoms with Crippen molar-refractivity contribution in [2.24, 2.45) is 0 Å². The van der Waals surface area contributed by atoms with Gasteiger partial charge in [0.05, 0.1) is 5.39 Å². The third-order valence-corrected chi connectivity index (χ3v) is 3.06. The van der Waals surface area contributed by atoms with Gasteiger partial charge in [-0.05, 0) is 24.6 Å². The van der Waals surface area contributed by atoms with E-state index in [1.807, 2.05) is 6.92 Å². The number of nitrogens with zero attached hydrogens (tertiary/aromatic N) is 2. The molecule has 0 atom stereocenters. The topological polar surface area (TPSA) is 37.8 Å². The molecule has 0 aliphatic rings. The number of aryl methyl sites for hydroxylation is 1. The Labute approximate surface area is 104 Å². The molecular weight excluding hydrogens is 275 g/mol. The molecular formula is C9H7ClF3N3S. The van der Waals surface area contributed by atoms with Crippen molar-refractivity contribution < 1.29 is 13.2 Å². The Balaban J connectivity index is 2.38. The van der Waals surface area contributed by atoms with Crippen LogP contribution >= 0.6 is 22.9 Å². The minimum absolute atomic E-state index is 0.0657. The van der Waals surface area contributed by atoms with E-state index in [2.05, 4.69) is 15.3 Å². The number of hydrogen-bond acceptors (Lipinski definition) is 4. The summed E-state index contributed by atoms with van der Waals surface area (Å²) in [6.45, 7) is 0.693. The molecule has 0 aromatic carbocycles. The smallest absolute Gasteiger partial charge is 0.360 e. The van der Waals surface area contributed by atoms with E-state index < -0.39 is 12.7 Å². The molecule has 17 heavy (non-hydrogen) atoms. The maximum atomic E-state index is 12.1. The van der Waals surface area contributed by atoms with Crippen LogP contribution in [0, 0.1) is 6.92 Å². The number of rotatable bonds is 2. The molecule has 0 fully saturated rings. The highest BCUT2D eigenvalue weighted by Crippen LogP contribution is 2.30. The van der Waals surface area contributed by atoms with Crippen molar-refractivity contribution >= 4 is 39.0 Å². The van der Waals surface area contributed by atoms with Gasteiger partial charge in [-0.15, -0.1) is 11.3 Å². The number of halogens is 4. The van der Waals surface area contributed by atoms with Crippen LogP contribution < -0.4 is 5.32 Å². The average Bonchev–Trinajstić information content (AvgIpc) is 2.53. The zero-order valence-corrected chi connectivity index (χ0v) is 10.2. The lowest BCUT2D eigenvalue weighted by Gasteiger charge is -2.09. The molecule has 8 heteroatoms. The Kier molecular flexibility index (Phi) is 3.13. The van der Waals surface area contributed by atoms with Gasteiger partial charge in [0, 0.05) is 4.88 Å². The number of alkyl halides is 3. The van der Waals surface area contributed by atoms with Crippen LogP contribution in [0.25, 0.3) is 10.2 Å². The van der Waals surface area contributed by atoms with Crippen LogP contribution in [0.3, 0.4) is 0 Å². The van der Waals surface area contributed by atoms with E-state index in [9.17, 15) is 13.2 Å². The van der Waals surface area contributed by atoms with Crippen LogP contribution in [-0.4, -0.2) is 22.7 Å². The second-order valence-electron chi connectivity index (χ2n) is 3.39. The standard InChI is InChI=1S/C9H7ClF3N3S/c1-4-2-5-6(14-3-9(11,12)13)15-8(10)16-7(5)17-4/h2H,3H2,1H3,(H,14,15,16). The van der Waals surface area contributed by atoms with E-state index in [0.29, 0.717) is 10.2 Å². The Bertz CT molecular complexity index is 552. The minimum Gasteiger partial charge on any atom is -0.360 e. The molecule has 2 rings (SSSR count). The summed E-state index contributed by atoms with van der Waals surface area (Å²) in [6.07, 6.45) is -4.30. The van der Waals surface area contributed by atoms with E-state index in [4.69, 9.17) is 11.6 Å². The summed E-state index contributed by atoms with van der Waals surface area (Å²) in [6, 6.07) is 1.73. The average molecular weight is 282 g/mol. The lowest BCUT2D eigenvalue weighted by molar-refractivity contribution is -0.115. The number of aromatic nitrogens is 2. The van der Waals surface area contributed by atoms with Gasteiger partial charge in [0.25, 0.3) is 0 Å². The Hall–Kier alpha value is -1.08. The van der Waals surface area contributed by atoms with E-state index in [1.54, 1.807) is 6.07 Å². The Morgan fingerprint density at radius 2 is 2.12 bits per heavy atom. The molecule has 0 radical (unpaired) electrons. The van der Waals surface area contributed by atoms with Gasteiger partial charge in [0.15, 0.2) is 0 Å². The number of nitrogens with one attached hydrogen (secondary N) is 1. The first-order valence-electron chi connectivity index (χ1n) is 4.59. The Morgan fingerprint density at radius 3 is 2.76 bits per heavy atom. The maximum absolute atomic E-state index is 12.1. The van der Waals surface area contributed by atoms with Crippen LogP contribution in [0.15, 0.2) is 6.07 Å². The molecule has 1 N–H and O–H groups in total. The molecule has 92 valence electrons. The van der Waals surface area contributed by atoms with Crippen molar-refractivity contribution in [3.05, 3.63) is 16.2 Å². The van der Waals surface area contributed by atoms with Gasteiger partial charge in [-0.2, -0.15) is 13.2 Å². The van der Waals surface area contributed by atoms with Gasteiger partial charge in [0.1, 0.15) is 17.2 Å². The monoisotopic (exact) mass is 281 g/mol. The first-order chi connectivity index (χ1) is 7.85. The first-order valence-corrected chi connectivity index (χ1v) is 5.79. The summed E-state index contributed by atoms with van der Waals surface area (Å²) in [5, 5.41) is 2.72. The highest BCUT2D eigenvalue weighted by atomic mass is 35.5. The second-order valence-corrected chi connectivity index (χ2v) is 4.96. The molecule has 2 heterocycles. The van der Waals surface area contributed by atoms with Gasteiger partial charge < -0.3 is 5.32 Å². The molecule has 0 unspecified atom stereocenters. The van der Waals surface area contributed by atoms with Crippen LogP contribution in [0.4, 0.5) is 19.0 Å². The molecule has 0 bridgehead atoms. The zero-order chi connectivity index (χ0) is 12.6. The minimum atomic E-state index is -4.30. The fourth-order valence-corrected chi connectivity index (χ4v) is 2.43. The largest absolute Gasteiger partial charge is 0.405 e. The zero-order valence-electron chi connectivity index (χ0n) is 8.60. The van der Waals surface area contributed by atoms with E-state index in [-0.39, 0.29) is 11.1 Å². The lowest BCUT2D eigenvalue weighted by atomic mass is 10.3. The van der Waals surface area contributed by atoms with Gasteiger partial charge in [-0.1, -0.05) is 0 Å². The number of fused-ring (bicyclic) bond motifs is 1. The number of thiophene rings is 1. The Morgan fingerprint density at radius 1 is 1.41 bits per heavy atom. The summed E-state index contributed by atoms with van der Waals surface area (Å²) in [4.78, 5) is 9.23. The van der Waals surface area contributed by atoms with Crippen LogP contribution in [0.1, 0.15) is 4.88 Å². The quantitative estimate of drug-likeness (QED) is 0.854. The molecule has 0 spiro atoms. The molecule has 3 nitrogen and oxygen atoms in total. The van der Waals surface area contributed by atoms with E-state index in [0.717, 1.165) is 4.88 Å². The van der Waals surface area contributed by atoms with Crippen molar-refractivity contribution in [1.29, 1.82) is 0 Å². The SMILES string of the molecule is Cc1cc2c(NCC(F)(F)F)nc(Cl)nc2s1. The second kappa shape index (κ2) is 4.30. The van der Waals surface area contributed by atoms with Crippen LogP contribution in [0.5, 0.6) is 0 Å². The summed E-state index contributed by atoms with van der Waals surface area (Å²) in [5.41, 5.74) is 0. The van der Waals surface area contributed by atoms with Crippen molar-refractivity contribution in [2.45, 2.75) is 13.1 Å². The van der Waals surface area contributed by atoms with Gasteiger partial charge in [-0.3, -0.25) is 0 Å². The highest BCUT2D eigenvalue weighted by molar-refractivity contribution is 7.18. The molecule has 2 aromatic rings.